The highest BCUT2D eigenvalue weighted by Gasteiger charge is 2.16. The standard InChI is InChI=1S/C25H36N2O3/c1-7-26(8-2)17-21-13-11-19(15-23(21)29-5)25(28)20-12-14-22(24(16-20)30-6)18-27(9-3)10-4/h11-16H,7-10,17-18H2,1-6H3. The SMILES string of the molecule is CCN(CC)Cc1ccc(C(=O)c2ccc(CN(CC)CC)c(OC)c2)cc1OC. The average molecular weight is 413 g/mol. The Bertz CT molecular complexity index is 760. The van der Waals surface area contributed by atoms with Gasteiger partial charge in [0.2, 0.25) is 0 Å². The molecule has 0 saturated heterocycles. The van der Waals surface area contributed by atoms with Gasteiger partial charge in [-0.05, 0) is 38.3 Å². The van der Waals surface area contributed by atoms with Crippen LogP contribution in [-0.2, 0) is 13.1 Å². The number of nitrogens with zero attached hydrogens (tertiary/aromatic N) is 2. The van der Waals surface area contributed by atoms with E-state index in [9.17, 15) is 4.79 Å². The Morgan fingerprint density at radius 1 is 0.700 bits per heavy atom. The number of rotatable bonds is 12. The van der Waals surface area contributed by atoms with Crippen LogP contribution < -0.4 is 9.47 Å². The van der Waals surface area contributed by atoms with Gasteiger partial charge in [0.25, 0.3) is 0 Å². The van der Waals surface area contributed by atoms with Gasteiger partial charge in [-0.15, -0.1) is 0 Å². The first-order chi connectivity index (χ1) is 14.5. The summed E-state index contributed by atoms with van der Waals surface area (Å²) in [6, 6.07) is 11.5. The number of methoxy groups -OCH3 is 2. The maximum absolute atomic E-state index is 13.1. The van der Waals surface area contributed by atoms with Gasteiger partial charge in [-0.25, -0.2) is 0 Å². The zero-order valence-corrected chi connectivity index (χ0v) is 19.3. The fraction of sp³-hybridized carbons (Fsp3) is 0.480. The highest BCUT2D eigenvalue weighted by atomic mass is 16.5. The van der Waals surface area contributed by atoms with Crippen LogP contribution in [0.1, 0.15) is 54.7 Å². The van der Waals surface area contributed by atoms with Crippen LogP contribution in [0.5, 0.6) is 11.5 Å². The summed E-state index contributed by atoms with van der Waals surface area (Å²) >= 11 is 0. The maximum Gasteiger partial charge on any atom is 0.193 e. The Morgan fingerprint density at radius 3 is 1.37 bits per heavy atom. The zero-order valence-electron chi connectivity index (χ0n) is 19.3. The molecule has 2 rings (SSSR count). The lowest BCUT2D eigenvalue weighted by Gasteiger charge is -2.20. The molecule has 0 aliphatic rings. The normalized spacial score (nSPS) is 11.2. The molecule has 0 amide bonds. The molecule has 0 fully saturated rings. The highest BCUT2D eigenvalue weighted by Crippen LogP contribution is 2.26. The van der Waals surface area contributed by atoms with E-state index in [1.807, 2.05) is 36.4 Å². The second-order valence-corrected chi connectivity index (χ2v) is 7.31. The zero-order chi connectivity index (χ0) is 22.1. The molecule has 30 heavy (non-hydrogen) atoms. The summed E-state index contributed by atoms with van der Waals surface area (Å²) in [6.07, 6.45) is 0. The van der Waals surface area contributed by atoms with Crippen molar-refractivity contribution in [1.29, 1.82) is 0 Å². The summed E-state index contributed by atoms with van der Waals surface area (Å²) in [6.45, 7) is 14.1. The minimum atomic E-state index is -0.0321. The molecule has 0 unspecified atom stereocenters. The largest absolute Gasteiger partial charge is 0.496 e. The van der Waals surface area contributed by atoms with Crippen molar-refractivity contribution in [3.05, 3.63) is 58.7 Å². The first kappa shape index (κ1) is 23.9. The third kappa shape index (κ3) is 5.83. The molecular formula is C25H36N2O3. The Labute approximate surface area is 181 Å². The predicted molar refractivity (Wildman–Crippen MR) is 123 cm³/mol. The third-order valence-corrected chi connectivity index (χ3v) is 5.68. The van der Waals surface area contributed by atoms with Crippen molar-refractivity contribution in [2.45, 2.75) is 40.8 Å². The monoisotopic (exact) mass is 412 g/mol. The van der Waals surface area contributed by atoms with Gasteiger partial charge >= 0.3 is 0 Å². The molecule has 5 heteroatoms. The lowest BCUT2D eigenvalue weighted by molar-refractivity contribution is 0.103. The minimum Gasteiger partial charge on any atom is -0.496 e. The second kappa shape index (κ2) is 11.7. The molecule has 0 N–H and O–H groups in total. The van der Waals surface area contributed by atoms with Crippen molar-refractivity contribution in [1.82, 2.24) is 9.80 Å². The fourth-order valence-electron chi connectivity index (χ4n) is 3.58. The van der Waals surface area contributed by atoms with Gasteiger partial charge in [-0.1, -0.05) is 52.0 Å². The van der Waals surface area contributed by atoms with Gasteiger partial charge in [-0.3, -0.25) is 14.6 Å². The van der Waals surface area contributed by atoms with Crippen molar-refractivity contribution in [2.75, 3.05) is 40.4 Å². The molecule has 2 aromatic rings. The lowest BCUT2D eigenvalue weighted by Crippen LogP contribution is -2.22. The molecule has 5 nitrogen and oxygen atoms in total. The maximum atomic E-state index is 13.1. The molecule has 0 heterocycles. The molecule has 0 bridgehead atoms. The average Bonchev–Trinajstić information content (AvgIpc) is 2.80. The topological polar surface area (TPSA) is 42.0 Å². The second-order valence-electron chi connectivity index (χ2n) is 7.31. The van der Waals surface area contributed by atoms with E-state index in [-0.39, 0.29) is 5.78 Å². The van der Waals surface area contributed by atoms with Crippen LogP contribution in [-0.4, -0.2) is 56.0 Å². The Hall–Kier alpha value is -2.37. The van der Waals surface area contributed by atoms with Gasteiger partial charge in [0.05, 0.1) is 14.2 Å². The molecule has 2 aromatic carbocycles. The first-order valence-corrected chi connectivity index (χ1v) is 10.8. The number of ketones is 1. The van der Waals surface area contributed by atoms with Crippen molar-refractivity contribution in [3.63, 3.8) is 0 Å². The summed E-state index contributed by atoms with van der Waals surface area (Å²) < 4.78 is 11.2. The van der Waals surface area contributed by atoms with Gasteiger partial charge in [0.1, 0.15) is 11.5 Å². The van der Waals surface area contributed by atoms with E-state index in [1.165, 1.54) is 0 Å². The van der Waals surface area contributed by atoms with E-state index in [1.54, 1.807) is 14.2 Å². The summed E-state index contributed by atoms with van der Waals surface area (Å²) in [4.78, 5) is 17.8. The number of carbonyl (C=O) groups excluding carboxylic acids is 1. The summed E-state index contributed by atoms with van der Waals surface area (Å²) in [5.74, 6) is 1.46. The van der Waals surface area contributed by atoms with E-state index < -0.39 is 0 Å². The Kier molecular flexibility index (Phi) is 9.34. The molecule has 164 valence electrons. The number of benzene rings is 2. The quantitative estimate of drug-likeness (QED) is 0.476. The van der Waals surface area contributed by atoms with Crippen LogP contribution >= 0.6 is 0 Å². The van der Waals surface area contributed by atoms with Crippen molar-refractivity contribution < 1.29 is 14.3 Å². The molecule has 0 spiro atoms. The van der Waals surface area contributed by atoms with Crippen LogP contribution in [0.2, 0.25) is 0 Å². The highest BCUT2D eigenvalue weighted by molar-refractivity contribution is 6.09. The minimum absolute atomic E-state index is 0.0321. The van der Waals surface area contributed by atoms with Crippen molar-refractivity contribution in [3.8, 4) is 11.5 Å². The van der Waals surface area contributed by atoms with E-state index in [0.717, 1.165) is 61.9 Å². The van der Waals surface area contributed by atoms with Crippen LogP contribution in [0, 0.1) is 0 Å². The van der Waals surface area contributed by atoms with Gasteiger partial charge in [0, 0.05) is 35.3 Å². The molecule has 0 aliphatic carbocycles. The molecular weight excluding hydrogens is 376 g/mol. The van der Waals surface area contributed by atoms with Crippen LogP contribution in [0.3, 0.4) is 0 Å². The van der Waals surface area contributed by atoms with Crippen molar-refractivity contribution in [2.24, 2.45) is 0 Å². The lowest BCUT2D eigenvalue weighted by atomic mass is 9.99. The summed E-state index contributed by atoms with van der Waals surface area (Å²) in [5.41, 5.74) is 3.41. The number of carbonyl (C=O) groups is 1. The van der Waals surface area contributed by atoms with Gasteiger partial charge < -0.3 is 9.47 Å². The summed E-state index contributed by atoms with van der Waals surface area (Å²) in [7, 11) is 3.31. The smallest absolute Gasteiger partial charge is 0.193 e. The van der Waals surface area contributed by atoms with Crippen LogP contribution in [0.4, 0.5) is 0 Å². The molecule has 0 aliphatic heterocycles. The van der Waals surface area contributed by atoms with Crippen LogP contribution in [0.15, 0.2) is 36.4 Å². The van der Waals surface area contributed by atoms with E-state index in [4.69, 9.17) is 9.47 Å². The first-order valence-electron chi connectivity index (χ1n) is 10.8. The molecule has 0 atom stereocenters. The van der Waals surface area contributed by atoms with Crippen LogP contribution in [0.25, 0.3) is 0 Å². The Balaban J connectivity index is 2.29. The molecule has 0 saturated carbocycles. The van der Waals surface area contributed by atoms with Crippen molar-refractivity contribution >= 4 is 5.78 Å². The Morgan fingerprint density at radius 2 is 1.07 bits per heavy atom. The van der Waals surface area contributed by atoms with Gasteiger partial charge in [0.15, 0.2) is 5.78 Å². The predicted octanol–water partition coefficient (Wildman–Crippen LogP) is 4.62. The number of ether oxygens (including phenoxy) is 2. The molecule has 0 radical (unpaired) electrons. The fourth-order valence-corrected chi connectivity index (χ4v) is 3.58. The number of hydrogen-bond donors (Lipinski definition) is 0. The summed E-state index contributed by atoms with van der Waals surface area (Å²) in [5, 5.41) is 0. The third-order valence-electron chi connectivity index (χ3n) is 5.68. The molecule has 0 aromatic heterocycles. The van der Waals surface area contributed by atoms with E-state index in [2.05, 4.69) is 37.5 Å². The number of hydrogen-bond acceptors (Lipinski definition) is 5. The van der Waals surface area contributed by atoms with Gasteiger partial charge in [-0.2, -0.15) is 0 Å². The van der Waals surface area contributed by atoms with E-state index in [0.29, 0.717) is 11.1 Å². The van der Waals surface area contributed by atoms with E-state index >= 15 is 0 Å².